The number of alkyl halides is 1. The van der Waals surface area contributed by atoms with Crippen molar-refractivity contribution in [2.24, 2.45) is 5.92 Å². The lowest BCUT2D eigenvalue weighted by Gasteiger charge is -2.22. The largest absolute Gasteiger partial charge is 0.372 e. The summed E-state index contributed by atoms with van der Waals surface area (Å²) in [5.74, 6) is 0.637. The van der Waals surface area contributed by atoms with E-state index < -0.39 is 0 Å². The first-order valence-corrected chi connectivity index (χ1v) is 8.89. The van der Waals surface area contributed by atoms with Crippen molar-refractivity contribution in [3.8, 4) is 0 Å². The monoisotopic (exact) mass is 388 g/mol. The predicted molar refractivity (Wildman–Crippen MR) is 87.9 cm³/mol. The second-order valence-corrected chi connectivity index (χ2v) is 7.59. The van der Waals surface area contributed by atoms with Crippen LogP contribution in [0.5, 0.6) is 0 Å². The van der Waals surface area contributed by atoms with Crippen molar-refractivity contribution in [2.45, 2.75) is 51.2 Å². The molecule has 2 unspecified atom stereocenters. The van der Waals surface area contributed by atoms with E-state index in [0.717, 1.165) is 18.2 Å². The first-order chi connectivity index (χ1) is 9.00. The zero-order valence-electron chi connectivity index (χ0n) is 11.7. The standard InChI is InChI=1S/C16H22Br2O/c1-16(2)8-7-14(19-16)10-12(11-17)9-13-5-3-4-6-15(13)18/h3-6,12,14H,7-11H2,1-2H3. The number of benzene rings is 1. The molecule has 0 amide bonds. The molecule has 1 aliphatic rings. The van der Waals surface area contributed by atoms with E-state index in [1.165, 1.54) is 22.9 Å². The molecule has 3 heteroatoms. The molecule has 1 aliphatic heterocycles. The van der Waals surface area contributed by atoms with E-state index in [9.17, 15) is 0 Å². The molecule has 106 valence electrons. The summed E-state index contributed by atoms with van der Waals surface area (Å²) in [6.45, 7) is 4.40. The molecule has 1 fully saturated rings. The minimum absolute atomic E-state index is 0.0782. The Labute approximate surface area is 133 Å². The normalized spacial score (nSPS) is 23.5. The van der Waals surface area contributed by atoms with Crippen molar-refractivity contribution in [1.82, 2.24) is 0 Å². The maximum Gasteiger partial charge on any atom is 0.0631 e. The lowest BCUT2D eigenvalue weighted by Crippen LogP contribution is -2.22. The zero-order chi connectivity index (χ0) is 13.9. The van der Waals surface area contributed by atoms with Gasteiger partial charge in [0.05, 0.1) is 11.7 Å². The van der Waals surface area contributed by atoms with Crippen LogP contribution in [0.15, 0.2) is 28.7 Å². The molecular weight excluding hydrogens is 368 g/mol. The van der Waals surface area contributed by atoms with Crippen molar-refractivity contribution in [2.75, 3.05) is 5.33 Å². The Morgan fingerprint density at radius 1 is 1.37 bits per heavy atom. The molecular formula is C16H22Br2O. The van der Waals surface area contributed by atoms with Crippen molar-refractivity contribution in [3.05, 3.63) is 34.3 Å². The van der Waals surface area contributed by atoms with Gasteiger partial charge < -0.3 is 4.74 Å². The number of rotatable bonds is 5. The zero-order valence-corrected chi connectivity index (χ0v) is 14.8. The fourth-order valence-corrected chi connectivity index (χ4v) is 3.73. The van der Waals surface area contributed by atoms with Gasteiger partial charge in [-0.1, -0.05) is 50.1 Å². The minimum Gasteiger partial charge on any atom is -0.372 e. The topological polar surface area (TPSA) is 9.23 Å². The van der Waals surface area contributed by atoms with E-state index in [1.54, 1.807) is 0 Å². The van der Waals surface area contributed by atoms with E-state index in [0.29, 0.717) is 12.0 Å². The van der Waals surface area contributed by atoms with Gasteiger partial charge in [-0.2, -0.15) is 0 Å². The fourth-order valence-electron chi connectivity index (χ4n) is 2.79. The summed E-state index contributed by atoms with van der Waals surface area (Å²) in [7, 11) is 0. The molecule has 1 aromatic carbocycles. The quantitative estimate of drug-likeness (QED) is 0.616. The highest BCUT2D eigenvalue weighted by Gasteiger charge is 2.32. The maximum atomic E-state index is 6.12. The van der Waals surface area contributed by atoms with Crippen molar-refractivity contribution >= 4 is 31.9 Å². The van der Waals surface area contributed by atoms with Crippen LogP contribution in [0.4, 0.5) is 0 Å². The van der Waals surface area contributed by atoms with Gasteiger partial charge in [0.25, 0.3) is 0 Å². The summed E-state index contributed by atoms with van der Waals surface area (Å²) in [4.78, 5) is 0. The maximum absolute atomic E-state index is 6.12. The fraction of sp³-hybridized carbons (Fsp3) is 0.625. The molecule has 0 N–H and O–H groups in total. The van der Waals surface area contributed by atoms with E-state index in [4.69, 9.17) is 4.74 Å². The van der Waals surface area contributed by atoms with Crippen LogP contribution < -0.4 is 0 Å². The molecule has 2 rings (SSSR count). The Kier molecular flexibility index (Phi) is 5.50. The second kappa shape index (κ2) is 6.73. The first kappa shape index (κ1) is 15.5. The SMILES string of the molecule is CC1(C)CCC(CC(CBr)Cc2ccccc2Br)O1. The third kappa shape index (κ3) is 4.57. The molecule has 1 nitrogen and oxygen atoms in total. The summed E-state index contributed by atoms with van der Waals surface area (Å²) in [5, 5.41) is 1.04. The van der Waals surface area contributed by atoms with Gasteiger partial charge in [0.2, 0.25) is 0 Å². The van der Waals surface area contributed by atoms with Crippen molar-refractivity contribution in [3.63, 3.8) is 0 Å². The molecule has 19 heavy (non-hydrogen) atoms. The van der Waals surface area contributed by atoms with Gasteiger partial charge in [-0.25, -0.2) is 0 Å². The third-order valence-corrected chi connectivity index (χ3v) is 5.52. The summed E-state index contributed by atoms with van der Waals surface area (Å²) in [6.07, 6.45) is 5.07. The Morgan fingerprint density at radius 2 is 2.11 bits per heavy atom. The Hall–Kier alpha value is 0.140. The lowest BCUT2D eigenvalue weighted by atomic mass is 9.94. The van der Waals surface area contributed by atoms with Gasteiger partial charge in [-0.3, -0.25) is 0 Å². The molecule has 0 aromatic heterocycles. The van der Waals surface area contributed by atoms with E-state index >= 15 is 0 Å². The molecule has 1 heterocycles. The highest BCUT2D eigenvalue weighted by Crippen LogP contribution is 2.34. The minimum atomic E-state index is 0.0782. The molecule has 0 bridgehead atoms. The number of ether oxygens (including phenoxy) is 1. The molecule has 1 aromatic rings. The van der Waals surface area contributed by atoms with Crippen LogP contribution in [-0.4, -0.2) is 17.0 Å². The predicted octanol–water partition coefficient (Wildman–Crippen LogP) is 5.35. The van der Waals surface area contributed by atoms with Gasteiger partial charge in [0, 0.05) is 9.80 Å². The van der Waals surface area contributed by atoms with Gasteiger partial charge in [-0.05, 0) is 57.1 Å². The number of hydrogen-bond donors (Lipinski definition) is 0. The van der Waals surface area contributed by atoms with Crippen LogP contribution in [0.25, 0.3) is 0 Å². The van der Waals surface area contributed by atoms with Gasteiger partial charge >= 0.3 is 0 Å². The third-order valence-electron chi connectivity index (χ3n) is 3.83. The summed E-state index contributed by atoms with van der Waals surface area (Å²) in [5.41, 5.74) is 1.47. The van der Waals surface area contributed by atoms with Gasteiger partial charge in [0.1, 0.15) is 0 Å². The summed E-state index contributed by atoms with van der Waals surface area (Å²) in [6, 6.07) is 8.51. The van der Waals surface area contributed by atoms with E-state index in [-0.39, 0.29) is 5.60 Å². The van der Waals surface area contributed by atoms with Crippen LogP contribution >= 0.6 is 31.9 Å². The van der Waals surface area contributed by atoms with E-state index in [2.05, 4.69) is 70.0 Å². The number of halogens is 2. The smallest absolute Gasteiger partial charge is 0.0631 e. The molecule has 0 radical (unpaired) electrons. The van der Waals surface area contributed by atoms with Gasteiger partial charge in [-0.15, -0.1) is 0 Å². The molecule has 2 atom stereocenters. The highest BCUT2D eigenvalue weighted by atomic mass is 79.9. The second-order valence-electron chi connectivity index (χ2n) is 6.09. The average Bonchev–Trinajstić information content (AvgIpc) is 2.70. The van der Waals surface area contributed by atoms with Gasteiger partial charge in [0.15, 0.2) is 0 Å². The molecule has 1 saturated heterocycles. The van der Waals surface area contributed by atoms with Crippen molar-refractivity contribution in [1.29, 1.82) is 0 Å². The molecule has 0 spiro atoms. The van der Waals surface area contributed by atoms with Crippen molar-refractivity contribution < 1.29 is 4.74 Å². The van der Waals surface area contributed by atoms with Crippen LogP contribution in [0.1, 0.15) is 38.7 Å². The van der Waals surface area contributed by atoms with Crippen LogP contribution in [0.2, 0.25) is 0 Å². The Balaban J connectivity index is 1.93. The Bertz CT molecular complexity index is 417. The lowest BCUT2D eigenvalue weighted by molar-refractivity contribution is -0.0233. The van der Waals surface area contributed by atoms with Crippen LogP contribution in [0, 0.1) is 5.92 Å². The van der Waals surface area contributed by atoms with Crippen LogP contribution in [-0.2, 0) is 11.2 Å². The summed E-state index contributed by atoms with van der Waals surface area (Å²) < 4.78 is 7.33. The summed E-state index contributed by atoms with van der Waals surface area (Å²) >= 11 is 7.30. The highest BCUT2D eigenvalue weighted by molar-refractivity contribution is 9.10. The van der Waals surface area contributed by atoms with E-state index in [1.807, 2.05) is 0 Å². The number of hydrogen-bond acceptors (Lipinski definition) is 1. The Morgan fingerprint density at radius 3 is 2.68 bits per heavy atom. The average molecular weight is 390 g/mol. The molecule has 0 saturated carbocycles. The van der Waals surface area contributed by atoms with Crippen LogP contribution in [0.3, 0.4) is 0 Å². The first-order valence-electron chi connectivity index (χ1n) is 6.97. The molecule has 0 aliphatic carbocycles.